The smallest absolute Gasteiger partial charge is 0.143 e. The summed E-state index contributed by atoms with van der Waals surface area (Å²) in [5.74, 6) is 0.976. The van der Waals surface area contributed by atoms with Crippen molar-refractivity contribution in [3.63, 3.8) is 0 Å². The lowest BCUT2D eigenvalue weighted by Gasteiger charge is -2.39. The maximum atomic E-state index is 5.52. The Morgan fingerprint density at radius 3 is 2.74 bits per heavy atom. The molecule has 2 fully saturated rings. The van der Waals surface area contributed by atoms with Crippen LogP contribution in [0.2, 0.25) is 0 Å². The summed E-state index contributed by atoms with van der Waals surface area (Å²) < 4.78 is 5.52. The van der Waals surface area contributed by atoms with Crippen LogP contribution in [0.15, 0.2) is 24.8 Å². The van der Waals surface area contributed by atoms with E-state index in [1.165, 1.54) is 48.1 Å². The van der Waals surface area contributed by atoms with Gasteiger partial charge in [0.25, 0.3) is 0 Å². The fourth-order valence-corrected chi connectivity index (χ4v) is 5.54. The van der Waals surface area contributed by atoms with Crippen molar-refractivity contribution in [2.75, 3.05) is 31.6 Å². The fraction of sp³-hybridized carbons (Fsp3) is 0.500. The van der Waals surface area contributed by atoms with Crippen molar-refractivity contribution in [3.05, 3.63) is 41.6 Å². The van der Waals surface area contributed by atoms with Gasteiger partial charge < -0.3 is 20.0 Å². The average molecular weight is 419 g/mol. The van der Waals surface area contributed by atoms with Crippen LogP contribution in [0.25, 0.3) is 22.7 Å². The molecule has 0 spiro atoms. The molecule has 7 heteroatoms. The van der Waals surface area contributed by atoms with E-state index in [4.69, 9.17) is 4.74 Å². The number of anilines is 1. The molecule has 6 rings (SSSR count). The van der Waals surface area contributed by atoms with E-state index in [2.05, 4.69) is 48.5 Å². The Morgan fingerprint density at radius 1 is 1.06 bits per heavy atom. The summed E-state index contributed by atoms with van der Waals surface area (Å²) in [6.45, 7) is 3.93. The Hall–Kier alpha value is -2.64. The standard InChI is InChI=1S/C24H30N6O/c1-6-21-20(13-16(1)17-7-8-25-14-17)22-23(26-15-27-24(22)29-21)28-18-2-4-19(5-3-18)30-9-11-31-12-10-30/h7-8,13-15,18-19,25H,1-6,9-12H2,(H2,26,27,28,29). The van der Waals surface area contributed by atoms with Gasteiger partial charge in [-0.1, -0.05) is 0 Å². The zero-order valence-corrected chi connectivity index (χ0v) is 17.9. The summed E-state index contributed by atoms with van der Waals surface area (Å²) in [6.07, 6.45) is 15.0. The quantitative estimate of drug-likeness (QED) is 0.600. The number of morpholine rings is 1. The third-order valence-corrected chi connectivity index (χ3v) is 7.24. The molecule has 31 heavy (non-hydrogen) atoms. The molecule has 0 aromatic carbocycles. The van der Waals surface area contributed by atoms with Gasteiger partial charge in [0.15, 0.2) is 0 Å². The molecule has 4 heterocycles. The molecule has 2 aliphatic carbocycles. The van der Waals surface area contributed by atoms with E-state index in [0.717, 1.165) is 56.0 Å². The van der Waals surface area contributed by atoms with Gasteiger partial charge in [-0.05, 0) is 61.8 Å². The number of allylic oxidation sites excluding steroid dienone is 1. The third kappa shape index (κ3) is 3.66. The number of nitrogens with one attached hydrogen (secondary N) is 3. The molecular weight excluding hydrogens is 388 g/mol. The first-order valence-corrected chi connectivity index (χ1v) is 11.6. The lowest BCUT2D eigenvalue weighted by Crippen LogP contribution is -2.46. The topological polar surface area (TPSA) is 81.9 Å². The lowest BCUT2D eigenvalue weighted by atomic mass is 9.89. The van der Waals surface area contributed by atoms with Crippen LogP contribution in [0.4, 0.5) is 5.82 Å². The predicted molar refractivity (Wildman–Crippen MR) is 123 cm³/mol. The summed E-state index contributed by atoms with van der Waals surface area (Å²) in [6, 6.07) is 3.32. The van der Waals surface area contributed by atoms with Gasteiger partial charge in [-0.2, -0.15) is 0 Å². The van der Waals surface area contributed by atoms with Gasteiger partial charge in [-0.15, -0.1) is 0 Å². The summed E-state index contributed by atoms with van der Waals surface area (Å²) in [5.41, 5.74) is 6.11. The minimum Gasteiger partial charge on any atom is -0.379 e. The van der Waals surface area contributed by atoms with E-state index in [0.29, 0.717) is 12.1 Å². The summed E-state index contributed by atoms with van der Waals surface area (Å²) in [7, 11) is 0. The normalized spacial score (nSPS) is 24.7. The minimum absolute atomic E-state index is 0.470. The second-order valence-electron chi connectivity index (χ2n) is 9.03. The lowest BCUT2D eigenvalue weighted by molar-refractivity contribution is 0.00791. The molecule has 3 aromatic heterocycles. The largest absolute Gasteiger partial charge is 0.379 e. The molecule has 3 aromatic rings. The highest BCUT2D eigenvalue weighted by Gasteiger charge is 2.28. The van der Waals surface area contributed by atoms with E-state index >= 15 is 0 Å². The minimum atomic E-state index is 0.470. The molecular formula is C24H30N6O. The highest BCUT2D eigenvalue weighted by Crippen LogP contribution is 2.37. The molecule has 0 amide bonds. The number of nitrogens with zero attached hydrogens (tertiary/aromatic N) is 3. The van der Waals surface area contributed by atoms with Crippen LogP contribution in [-0.4, -0.2) is 63.2 Å². The highest BCUT2D eigenvalue weighted by atomic mass is 16.5. The summed E-state index contributed by atoms with van der Waals surface area (Å²) in [5, 5.41) is 4.92. The molecule has 0 radical (unpaired) electrons. The van der Waals surface area contributed by atoms with Crippen molar-refractivity contribution >= 4 is 28.5 Å². The van der Waals surface area contributed by atoms with E-state index in [9.17, 15) is 0 Å². The number of aromatic nitrogens is 4. The molecule has 3 aliphatic rings. The zero-order valence-electron chi connectivity index (χ0n) is 17.9. The van der Waals surface area contributed by atoms with Gasteiger partial charge in [0.05, 0.1) is 18.6 Å². The van der Waals surface area contributed by atoms with Crippen molar-refractivity contribution in [1.29, 1.82) is 0 Å². The number of aryl methyl sites for hydroxylation is 1. The van der Waals surface area contributed by atoms with Crippen LogP contribution in [0.1, 0.15) is 48.9 Å². The van der Waals surface area contributed by atoms with Gasteiger partial charge in [0.1, 0.15) is 17.8 Å². The Balaban J connectivity index is 1.23. The van der Waals surface area contributed by atoms with Gasteiger partial charge in [0.2, 0.25) is 0 Å². The molecule has 162 valence electrons. The molecule has 0 unspecified atom stereocenters. The number of rotatable bonds is 4. The Labute approximate surface area is 182 Å². The first-order valence-electron chi connectivity index (χ1n) is 11.6. The van der Waals surface area contributed by atoms with Crippen LogP contribution >= 0.6 is 0 Å². The van der Waals surface area contributed by atoms with E-state index in [1.54, 1.807) is 6.33 Å². The second-order valence-corrected chi connectivity index (χ2v) is 9.03. The Morgan fingerprint density at radius 2 is 1.94 bits per heavy atom. The fourth-order valence-electron chi connectivity index (χ4n) is 5.54. The molecule has 0 atom stereocenters. The second kappa shape index (κ2) is 8.13. The highest BCUT2D eigenvalue weighted by molar-refractivity contribution is 6.01. The van der Waals surface area contributed by atoms with E-state index < -0.39 is 0 Å². The maximum absolute atomic E-state index is 5.52. The number of aromatic amines is 2. The summed E-state index contributed by atoms with van der Waals surface area (Å²) >= 11 is 0. The molecule has 1 saturated heterocycles. The number of hydrogen-bond acceptors (Lipinski definition) is 5. The number of fused-ring (bicyclic) bond motifs is 3. The van der Waals surface area contributed by atoms with Crippen LogP contribution < -0.4 is 5.32 Å². The van der Waals surface area contributed by atoms with Crippen LogP contribution in [0, 0.1) is 0 Å². The van der Waals surface area contributed by atoms with Crippen LogP contribution in [0.3, 0.4) is 0 Å². The number of hydrogen-bond donors (Lipinski definition) is 3. The summed E-state index contributed by atoms with van der Waals surface area (Å²) in [4.78, 5) is 18.6. The molecule has 3 N–H and O–H groups in total. The van der Waals surface area contributed by atoms with Gasteiger partial charge in [-0.3, -0.25) is 4.90 Å². The van der Waals surface area contributed by atoms with Gasteiger partial charge >= 0.3 is 0 Å². The number of ether oxygens (including phenoxy) is 1. The maximum Gasteiger partial charge on any atom is 0.143 e. The number of H-pyrrole nitrogens is 2. The van der Waals surface area contributed by atoms with Crippen molar-refractivity contribution < 1.29 is 4.74 Å². The predicted octanol–water partition coefficient (Wildman–Crippen LogP) is 3.83. The monoisotopic (exact) mass is 418 g/mol. The van der Waals surface area contributed by atoms with E-state index in [1.807, 2.05) is 6.20 Å². The van der Waals surface area contributed by atoms with Crippen molar-refractivity contribution in [1.82, 2.24) is 24.8 Å². The van der Waals surface area contributed by atoms with Crippen molar-refractivity contribution in [3.8, 4) is 0 Å². The van der Waals surface area contributed by atoms with Crippen molar-refractivity contribution in [2.24, 2.45) is 0 Å². The zero-order chi connectivity index (χ0) is 20.6. The van der Waals surface area contributed by atoms with Crippen LogP contribution in [0.5, 0.6) is 0 Å². The first-order chi connectivity index (χ1) is 15.3. The van der Waals surface area contributed by atoms with E-state index in [-0.39, 0.29) is 0 Å². The molecule has 0 bridgehead atoms. The Bertz CT molecular complexity index is 1070. The first kappa shape index (κ1) is 19.1. The molecule has 1 aliphatic heterocycles. The molecule has 7 nitrogen and oxygen atoms in total. The third-order valence-electron chi connectivity index (χ3n) is 7.24. The SMILES string of the molecule is C1=C(c2cc[nH]c2)CCc2[nH]c3ncnc(NC4CCC(N5CCOCC5)CC4)c3c21. The van der Waals surface area contributed by atoms with Crippen molar-refractivity contribution in [2.45, 2.75) is 50.6 Å². The Kier molecular flexibility index (Phi) is 5.00. The molecule has 1 saturated carbocycles. The van der Waals surface area contributed by atoms with Gasteiger partial charge in [0, 0.05) is 48.8 Å². The van der Waals surface area contributed by atoms with Gasteiger partial charge in [-0.25, -0.2) is 9.97 Å². The van der Waals surface area contributed by atoms with Crippen LogP contribution in [-0.2, 0) is 11.2 Å². The average Bonchev–Trinajstić information content (AvgIpc) is 3.48.